The van der Waals surface area contributed by atoms with Gasteiger partial charge in [0.15, 0.2) is 10.9 Å². The molecule has 0 saturated carbocycles. The molecule has 1 aromatic heterocycles. The number of methoxy groups -OCH3 is 1. The molecule has 0 fully saturated rings. The predicted molar refractivity (Wildman–Crippen MR) is 74.8 cm³/mol. The lowest BCUT2D eigenvalue weighted by molar-refractivity contribution is 0.414. The van der Waals surface area contributed by atoms with Crippen LogP contribution in [0.2, 0.25) is 0 Å². The molecule has 0 amide bonds. The van der Waals surface area contributed by atoms with Crippen molar-refractivity contribution in [3.63, 3.8) is 0 Å². The summed E-state index contributed by atoms with van der Waals surface area (Å²) in [5, 5.41) is 9.97. The van der Waals surface area contributed by atoms with E-state index in [-0.39, 0.29) is 5.11 Å². The van der Waals surface area contributed by atoms with E-state index in [2.05, 4.69) is 15.5 Å². The van der Waals surface area contributed by atoms with Gasteiger partial charge in [0.05, 0.1) is 7.11 Å². The molecule has 6 heteroatoms. The van der Waals surface area contributed by atoms with E-state index >= 15 is 0 Å². The molecule has 0 unspecified atom stereocenters. The Hall–Kier alpha value is -2.08. The normalized spacial score (nSPS) is 10.1. The van der Waals surface area contributed by atoms with E-state index in [0.29, 0.717) is 5.82 Å². The van der Waals surface area contributed by atoms with Gasteiger partial charge in [-0.25, -0.2) is 0 Å². The Labute approximate surface area is 110 Å². The number of benzene rings is 1. The van der Waals surface area contributed by atoms with Gasteiger partial charge in [0, 0.05) is 18.2 Å². The molecule has 2 aromatic rings. The van der Waals surface area contributed by atoms with Gasteiger partial charge in [0.25, 0.3) is 0 Å². The molecule has 1 heterocycles. The van der Waals surface area contributed by atoms with Crippen molar-refractivity contribution in [2.24, 2.45) is 5.73 Å². The summed E-state index contributed by atoms with van der Waals surface area (Å²) in [5.41, 5.74) is 7.52. The molecular weight excluding hydrogens is 248 g/mol. The maximum Gasteiger partial charge on any atom is 0.169 e. The molecule has 0 bridgehead atoms. The Morgan fingerprint density at radius 1 is 1.44 bits per heavy atom. The minimum absolute atomic E-state index is 0.206. The van der Waals surface area contributed by atoms with Crippen LogP contribution in [0.5, 0.6) is 5.75 Å². The third-order valence-corrected chi connectivity index (χ3v) is 2.54. The number of anilines is 1. The van der Waals surface area contributed by atoms with E-state index in [9.17, 15) is 0 Å². The summed E-state index contributed by atoms with van der Waals surface area (Å²) >= 11 is 4.74. The molecule has 0 radical (unpaired) electrons. The number of aromatic nitrogens is 2. The maximum atomic E-state index is 5.37. The first-order valence-corrected chi connectivity index (χ1v) is 5.82. The lowest BCUT2D eigenvalue weighted by Gasteiger charge is -2.01. The van der Waals surface area contributed by atoms with Gasteiger partial charge in [0.2, 0.25) is 0 Å². The molecule has 18 heavy (non-hydrogen) atoms. The fraction of sp³-hybridized carbons (Fsp3) is 0.167. The zero-order chi connectivity index (χ0) is 13.0. The number of nitrogens with zero attached hydrogens (tertiary/aromatic N) is 1. The molecule has 5 nitrogen and oxygen atoms in total. The van der Waals surface area contributed by atoms with Gasteiger partial charge < -0.3 is 15.8 Å². The summed E-state index contributed by atoms with van der Waals surface area (Å²) in [6.07, 6.45) is 0.760. The fourth-order valence-corrected chi connectivity index (χ4v) is 1.71. The van der Waals surface area contributed by atoms with Gasteiger partial charge in [-0.05, 0) is 29.9 Å². The number of nitrogens with two attached hydrogens (primary N) is 1. The average molecular weight is 262 g/mol. The Bertz CT molecular complexity index is 535. The predicted octanol–water partition coefficient (Wildman–Crippen LogP) is 1.66. The third-order valence-electron chi connectivity index (χ3n) is 2.44. The molecule has 4 N–H and O–H groups in total. The quantitative estimate of drug-likeness (QED) is 0.731. The molecule has 2 rings (SSSR count). The smallest absolute Gasteiger partial charge is 0.169 e. The topological polar surface area (TPSA) is 76.0 Å². The summed E-state index contributed by atoms with van der Waals surface area (Å²) in [6, 6.07) is 9.77. The second-order valence-corrected chi connectivity index (χ2v) is 4.23. The molecule has 0 aliphatic rings. The number of thiocarbonyl (C=S) groups is 1. The van der Waals surface area contributed by atoms with E-state index in [1.165, 1.54) is 5.56 Å². The van der Waals surface area contributed by atoms with Crippen LogP contribution in [0.4, 0.5) is 5.82 Å². The molecule has 0 saturated heterocycles. The van der Waals surface area contributed by atoms with Crippen molar-refractivity contribution in [3.05, 3.63) is 41.6 Å². The summed E-state index contributed by atoms with van der Waals surface area (Å²) < 4.78 is 5.11. The minimum atomic E-state index is 0.206. The van der Waals surface area contributed by atoms with Crippen LogP contribution in [0.3, 0.4) is 0 Å². The van der Waals surface area contributed by atoms with E-state index in [4.69, 9.17) is 22.7 Å². The number of nitrogens with one attached hydrogen (secondary N) is 2. The van der Waals surface area contributed by atoms with Crippen LogP contribution in [0.15, 0.2) is 30.3 Å². The number of ether oxygens (including phenoxy) is 1. The van der Waals surface area contributed by atoms with Crippen LogP contribution in [-0.4, -0.2) is 22.4 Å². The average Bonchev–Trinajstić information content (AvgIpc) is 2.76. The van der Waals surface area contributed by atoms with E-state index in [1.807, 2.05) is 30.3 Å². The van der Waals surface area contributed by atoms with E-state index in [0.717, 1.165) is 17.9 Å². The molecule has 0 aliphatic heterocycles. The Morgan fingerprint density at radius 2 is 2.17 bits per heavy atom. The Balaban J connectivity index is 2.03. The van der Waals surface area contributed by atoms with Crippen molar-refractivity contribution in [2.75, 3.05) is 12.4 Å². The van der Waals surface area contributed by atoms with E-state index in [1.54, 1.807) is 7.11 Å². The van der Waals surface area contributed by atoms with Crippen LogP contribution < -0.4 is 15.8 Å². The third kappa shape index (κ3) is 3.21. The largest absolute Gasteiger partial charge is 0.497 e. The second kappa shape index (κ2) is 5.50. The summed E-state index contributed by atoms with van der Waals surface area (Å²) in [7, 11) is 1.65. The minimum Gasteiger partial charge on any atom is -0.497 e. The van der Waals surface area contributed by atoms with Crippen LogP contribution in [0, 0.1) is 0 Å². The first-order valence-electron chi connectivity index (χ1n) is 5.41. The molecule has 0 spiro atoms. The highest BCUT2D eigenvalue weighted by atomic mass is 32.1. The zero-order valence-corrected chi connectivity index (χ0v) is 10.8. The van der Waals surface area contributed by atoms with E-state index < -0.39 is 0 Å². The maximum absolute atomic E-state index is 5.37. The van der Waals surface area contributed by atoms with Crippen molar-refractivity contribution in [2.45, 2.75) is 6.42 Å². The van der Waals surface area contributed by atoms with Gasteiger partial charge in [-0.15, -0.1) is 0 Å². The van der Waals surface area contributed by atoms with Gasteiger partial charge >= 0.3 is 0 Å². The standard InChI is InChI=1S/C12H14N4OS/c1-17-10-4-2-8(3-5-10)6-9-7-11(16-15-9)14-12(13)18/h2-5,7H,6H2,1H3,(H4,13,14,15,16,18). The van der Waals surface area contributed by atoms with Crippen molar-refractivity contribution >= 4 is 23.1 Å². The van der Waals surface area contributed by atoms with Crippen molar-refractivity contribution in [1.29, 1.82) is 0 Å². The summed E-state index contributed by atoms with van der Waals surface area (Å²) in [4.78, 5) is 0. The second-order valence-electron chi connectivity index (χ2n) is 3.79. The Kier molecular flexibility index (Phi) is 3.78. The number of hydrogen-bond acceptors (Lipinski definition) is 3. The molecule has 1 aromatic carbocycles. The molecule has 0 atom stereocenters. The van der Waals surface area contributed by atoms with Gasteiger partial charge in [0.1, 0.15) is 5.75 Å². The first-order chi connectivity index (χ1) is 8.67. The Morgan fingerprint density at radius 3 is 2.78 bits per heavy atom. The lowest BCUT2D eigenvalue weighted by atomic mass is 10.1. The highest BCUT2D eigenvalue weighted by Crippen LogP contribution is 2.15. The number of rotatable bonds is 4. The summed E-state index contributed by atoms with van der Waals surface area (Å²) in [6.45, 7) is 0. The molecule has 94 valence electrons. The van der Waals surface area contributed by atoms with Crippen LogP contribution in [0.1, 0.15) is 11.3 Å². The van der Waals surface area contributed by atoms with Crippen LogP contribution in [-0.2, 0) is 6.42 Å². The highest BCUT2D eigenvalue weighted by molar-refractivity contribution is 7.80. The number of aromatic amines is 1. The van der Waals surface area contributed by atoms with Crippen molar-refractivity contribution < 1.29 is 4.74 Å². The highest BCUT2D eigenvalue weighted by Gasteiger charge is 2.03. The summed E-state index contributed by atoms with van der Waals surface area (Å²) in [5.74, 6) is 1.48. The zero-order valence-electron chi connectivity index (χ0n) is 9.93. The number of H-pyrrole nitrogens is 1. The van der Waals surface area contributed by atoms with Crippen molar-refractivity contribution in [3.8, 4) is 5.75 Å². The first kappa shape index (κ1) is 12.4. The number of hydrogen-bond donors (Lipinski definition) is 3. The van der Waals surface area contributed by atoms with Crippen LogP contribution in [0.25, 0.3) is 0 Å². The monoisotopic (exact) mass is 262 g/mol. The van der Waals surface area contributed by atoms with Gasteiger partial charge in [-0.2, -0.15) is 5.10 Å². The fourth-order valence-electron chi connectivity index (χ4n) is 1.61. The SMILES string of the molecule is COc1ccc(Cc2cc(NC(N)=S)n[nH]2)cc1. The molecular formula is C12H14N4OS. The molecule has 0 aliphatic carbocycles. The lowest BCUT2D eigenvalue weighted by Crippen LogP contribution is -2.18. The van der Waals surface area contributed by atoms with Gasteiger partial charge in [-0.1, -0.05) is 12.1 Å². The van der Waals surface area contributed by atoms with Crippen molar-refractivity contribution in [1.82, 2.24) is 10.2 Å². The van der Waals surface area contributed by atoms with Crippen LogP contribution >= 0.6 is 12.2 Å². The van der Waals surface area contributed by atoms with Gasteiger partial charge in [-0.3, -0.25) is 5.10 Å².